The molecule has 0 spiro atoms. The predicted molar refractivity (Wildman–Crippen MR) is 113 cm³/mol. The summed E-state index contributed by atoms with van der Waals surface area (Å²) in [4.78, 5) is 40.0. The molecule has 2 aliphatic rings. The average Bonchev–Trinajstić information content (AvgIpc) is 3.20. The Morgan fingerprint density at radius 1 is 1.03 bits per heavy atom. The number of methoxy groups -OCH3 is 1. The van der Waals surface area contributed by atoms with E-state index in [0.29, 0.717) is 54.1 Å². The summed E-state index contributed by atoms with van der Waals surface area (Å²) in [6.45, 7) is 0.938. The highest BCUT2D eigenvalue weighted by molar-refractivity contribution is 6.53. The van der Waals surface area contributed by atoms with E-state index in [1.807, 2.05) is 41.3 Å². The van der Waals surface area contributed by atoms with Crippen molar-refractivity contribution in [1.82, 2.24) is 4.90 Å². The first-order valence-electron chi connectivity index (χ1n) is 10.3. The molecule has 0 saturated heterocycles. The number of ether oxygens (including phenoxy) is 1. The summed E-state index contributed by atoms with van der Waals surface area (Å²) in [7, 11) is 1.39. The van der Waals surface area contributed by atoms with E-state index < -0.39 is 17.6 Å². The molecule has 0 N–H and O–H groups in total. The summed E-state index contributed by atoms with van der Waals surface area (Å²) >= 11 is 0. The molecule has 6 nitrogen and oxygen atoms in total. The molecule has 156 valence electrons. The Hall–Kier alpha value is -3.51. The fourth-order valence-electron chi connectivity index (χ4n) is 4.57. The minimum Gasteiger partial charge on any atom is -0.468 e. The third-order valence-corrected chi connectivity index (χ3v) is 6.12. The van der Waals surface area contributed by atoms with Gasteiger partial charge >= 0.3 is 5.97 Å². The van der Waals surface area contributed by atoms with Gasteiger partial charge in [-0.2, -0.15) is 0 Å². The summed E-state index contributed by atoms with van der Waals surface area (Å²) in [5, 5.41) is 0. The van der Waals surface area contributed by atoms with Crippen LogP contribution in [0.2, 0.25) is 0 Å². The number of carbonyl (C=O) groups is 3. The van der Waals surface area contributed by atoms with E-state index in [2.05, 4.69) is 0 Å². The maximum atomic E-state index is 12.8. The van der Waals surface area contributed by atoms with E-state index in [-0.39, 0.29) is 5.97 Å². The van der Waals surface area contributed by atoms with E-state index in [9.17, 15) is 14.4 Å². The van der Waals surface area contributed by atoms with Gasteiger partial charge < -0.3 is 9.15 Å². The van der Waals surface area contributed by atoms with Gasteiger partial charge in [0.25, 0.3) is 0 Å². The molecule has 1 aromatic heterocycles. The Morgan fingerprint density at radius 3 is 2.48 bits per heavy atom. The lowest BCUT2D eigenvalue weighted by Gasteiger charge is -2.32. The standard InChI is InChI=1S/C25H21NO5/c1-30-25(29)19(13-15-7-3-2-4-8-15)26-12-11-18-20(14-26)31-24-17-10-6-5-9-16(17)22(27)23(28)21(18)24/h2-10,19H,11-14H2,1H3/t19-/m0/s1. The van der Waals surface area contributed by atoms with Crippen LogP contribution in [0.4, 0.5) is 0 Å². The molecule has 0 fully saturated rings. The van der Waals surface area contributed by atoms with Crippen LogP contribution in [-0.4, -0.2) is 42.1 Å². The maximum Gasteiger partial charge on any atom is 0.323 e. The highest BCUT2D eigenvalue weighted by atomic mass is 16.5. The molecule has 2 heterocycles. The lowest BCUT2D eigenvalue weighted by Crippen LogP contribution is -2.45. The summed E-state index contributed by atoms with van der Waals surface area (Å²) in [6.07, 6.45) is 1.04. The van der Waals surface area contributed by atoms with Crippen molar-refractivity contribution in [2.75, 3.05) is 13.7 Å². The third-order valence-electron chi connectivity index (χ3n) is 6.12. The SMILES string of the molecule is COC(=O)[C@H](Cc1ccccc1)N1CCc2c(oc3c2C(=O)C(=O)c2ccccc2-3)C1. The van der Waals surface area contributed by atoms with E-state index >= 15 is 0 Å². The van der Waals surface area contributed by atoms with Gasteiger partial charge in [0.1, 0.15) is 17.6 Å². The van der Waals surface area contributed by atoms with Crippen molar-refractivity contribution in [3.05, 3.63) is 82.6 Å². The molecule has 0 bridgehead atoms. The maximum absolute atomic E-state index is 12.8. The van der Waals surface area contributed by atoms with Crippen LogP contribution in [0.1, 0.15) is 37.6 Å². The van der Waals surface area contributed by atoms with Gasteiger partial charge in [0, 0.05) is 23.2 Å². The number of nitrogens with zero attached hydrogens (tertiary/aromatic N) is 1. The number of furan rings is 1. The Labute approximate surface area is 179 Å². The molecule has 0 amide bonds. The lowest BCUT2D eigenvalue weighted by atomic mass is 9.85. The Balaban J connectivity index is 1.50. The summed E-state index contributed by atoms with van der Waals surface area (Å²) in [6, 6.07) is 16.3. The smallest absolute Gasteiger partial charge is 0.323 e. The van der Waals surface area contributed by atoms with Gasteiger partial charge in [-0.1, -0.05) is 54.6 Å². The van der Waals surface area contributed by atoms with Crippen LogP contribution in [0, 0.1) is 0 Å². The van der Waals surface area contributed by atoms with E-state index in [1.54, 1.807) is 18.2 Å². The molecule has 2 aromatic carbocycles. The zero-order valence-electron chi connectivity index (χ0n) is 17.1. The lowest BCUT2D eigenvalue weighted by molar-refractivity contribution is -0.147. The average molecular weight is 415 g/mol. The normalized spacial score (nSPS) is 16.3. The van der Waals surface area contributed by atoms with Gasteiger partial charge in [-0.05, 0) is 18.4 Å². The topological polar surface area (TPSA) is 76.8 Å². The number of fused-ring (bicyclic) bond motifs is 5. The minimum atomic E-state index is -0.513. The first kappa shape index (κ1) is 19.5. The van der Waals surface area contributed by atoms with Gasteiger partial charge in [-0.25, -0.2) is 0 Å². The van der Waals surface area contributed by atoms with E-state index in [0.717, 1.165) is 11.1 Å². The first-order valence-corrected chi connectivity index (χ1v) is 10.3. The second-order valence-electron chi connectivity index (χ2n) is 7.86. The van der Waals surface area contributed by atoms with Crippen molar-refractivity contribution in [2.45, 2.75) is 25.4 Å². The molecular formula is C25H21NO5. The van der Waals surface area contributed by atoms with E-state index in [1.165, 1.54) is 7.11 Å². The van der Waals surface area contributed by atoms with Gasteiger partial charge in [0.05, 0.1) is 19.2 Å². The van der Waals surface area contributed by atoms with Crippen molar-refractivity contribution in [2.24, 2.45) is 0 Å². The zero-order chi connectivity index (χ0) is 21.5. The highest BCUT2D eigenvalue weighted by Gasteiger charge is 2.40. The number of hydrogen-bond donors (Lipinski definition) is 0. The molecule has 6 heteroatoms. The predicted octanol–water partition coefficient (Wildman–Crippen LogP) is 3.47. The molecule has 1 aliphatic heterocycles. The number of carbonyl (C=O) groups excluding carboxylic acids is 3. The van der Waals surface area contributed by atoms with Crippen molar-refractivity contribution < 1.29 is 23.5 Å². The van der Waals surface area contributed by atoms with Crippen molar-refractivity contribution in [3.63, 3.8) is 0 Å². The first-order chi connectivity index (χ1) is 15.1. The highest BCUT2D eigenvalue weighted by Crippen LogP contribution is 2.40. The van der Waals surface area contributed by atoms with Crippen LogP contribution < -0.4 is 0 Å². The quantitative estimate of drug-likeness (QED) is 0.480. The summed E-state index contributed by atoms with van der Waals surface area (Å²) in [5.74, 6) is -0.215. The number of benzene rings is 2. The van der Waals surface area contributed by atoms with Crippen LogP contribution in [-0.2, 0) is 28.9 Å². The molecule has 0 saturated carbocycles. The van der Waals surface area contributed by atoms with Crippen LogP contribution in [0.5, 0.6) is 0 Å². The van der Waals surface area contributed by atoms with Crippen LogP contribution in [0.25, 0.3) is 11.3 Å². The van der Waals surface area contributed by atoms with E-state index in [4.69, 9.17) is 9.15 Å². The van der Waals surface area contributed by atoms with Gasteiger partial charge in [-0.3, -0.25) is 19.3 Å². The molecule has 0 radical (unpaired) electrons. The largest absolute Gasteiger partial charge is 0.468 e. The molecular weight excluding hydrogens is 394 g/mol. The van der Waals surface area contributed by atoms with Crippen LogP contribution in [0.15, 0.2) is 59.0 Å². The van der Waals surface area contributed by atoms with Gasteiger partial charge in [0.2, 0.25) is 11.6 Å². The van der Waals surface area contributed by atoms with Gasteiger partial charge in [-0.15, -0.1) is 0 Å². The summed E-state index contributed by atoms with van der Waals surface area (Å²) < 4.78 is 11.2. The van der Waals surface area contributed by atoms with Crippen molar-refractivity contribution in [3.8, 4) is 11.3 Å². The number of rotatable bonds is 4. The number of hydrogen-bond acceptors (Lipinski definition) is 6. The van der Waals surface area contributed by atoms with Crippen LogP contribution >= 0.6 is 0 Å². The minimum absolute atomic E-state index is 0.305. The second kappa shape index (κ2) is 7.63. The molecule has 5 rings (SSSR count). The molecule has 1 aliphatic carbocycles. The van der Waals surface area contributed by atoms with Crippen LogP contribution in [0.3, 0.4) is 0 Å². The number of esters is 1. The monoisotopic (exact) mass is 415 g/mol. The second-order valence-corrected chi connectivity index (χ2v) is 7.86. The fourth-order valence-corrected chi connectivity index (χ4v) is 4.57. The number of ketones is 2. The zero-order valence-corrected chi connectivity index (χ0v) is 17.1. The van der Waals surface area contributed by atoms with Crippen molar-refractivity contribution in [1.29, 1.82) is 0 Å². The molecule has 3 aromatic rings. The summed E-state index contributed by atoms with van der Waals surface area (Å²) in [5.41, 5.74) is 3.23. The van der Waals surface area contributed by atoms with Crippen molar-refractivity contribution >= 4 is 17.5 Å². The van der Waals surface area contributed by atoms with Gasteiger partial charge in [0.15, 0.2) is 0 Å². The molecule has 31 heavy (non-hydrogen) atoms. The number of Topliss-reactive ketones (excluding diaryl/α,β-unsaturated/α-hetero) is 2. The molecule has 0 unspecified atom stereocenters. The Morgan fingerprint density at radius 2 is 1.74 bits per heavy atom. The molecule has 1 atom stereocenters. The Bertz CT molecular complexity index is 1190. The Kier molecular flexibility index (Phi) is 4.79. The fraction of sp³-hybridized carbons (Fsp3) is 0.240. The third kappa shape index (κ3) is 3.20.